The summed E-state index contributed by atoms with van der Waals surface area (Å²) in [6.45, 7) is 8.28. The van der Waals surface area contributed by atoms with Crippen molar-refractivity contribution in [2.75, 3.05) is 0 Å². The van der Waals surface area contributed by atoms with Gasteiger partial charge in [-0.25, -0.2) is 0 Å². The molecule has 0 aromatic heterocycles. The fourth-order valence-corrected chi connectivity index (χ4v) is 1.56. The largest absolute Gasteiger partial charge is 0.282 e. The van der Waals surface area contributed by atoms with Crippen LogP contribution in [0.5, 0.6) is 0 Å². The molecule has 1 aromatic carbocycles. The Hall–Kier alpha value is -0.760. The molecule has 0 saturated heterocycles. The van der Waals surface area contributed by atoms with Gasteiger partial charge in [-0.05, 0) is 17.9 Å². The highest BCUT2D eigenvalue weighted by Crippen LogP contribution is 2.15. The molecule has 0 atom stereocenters. The van der Waals surface area contributed by atoms with Gasteiger partial charge in [-0.1, -0.05) is 52.0 Å². The molecule has 0 aliphatic carbocycles. The van der Waals surface area contributed by atoms with Crippen molar-refractivity contribution in [3.05, 3.63) is 35.4 Å². The molecule has 0 aliphatic heterocycles. The first-order valence-electron chi connectivity index (χ1n) is 5.42. The van der Waals surface area contributed by atoms with E-state index in [1.807, 2.05) is 38.1 Å². The predicted molar refractivity (Wildman–Crippen MR) is 69.6 cm³/mol. The smallest absolute Gasteiger partial charge is 0.216 e. The van der Waals surface area contributed by atoms with Gasteiger partial charge in [0.05, 0.1) is 0 Å². The first kappa shape index (κ1) is 14.2. The first-order valence-corrected chi connectivity index (χ1v) is 5.87. The van der Waals surface area contributed by atoms with Crippen LogP contribution in [0, 0.1) is 5.92 Å². The van der Waals surface area contributed by atoms with Crippen LogP contribution in [0.4, 0.5) is 0 Å². The second-order valence-corrected chi connectivity index (χ2v) is 3.97. The Morgan fingerprint density at radius 1 is 1.27 bits per heavy atom. The number of benzene rings is 1. The molecule has 0 radical (unpaired) electrons. The Labute approximate surface area is 98.3 Å². The molecular weight excluding hydrogens is 204 g/mol. The van der Waals surface area contributed by atoms with Crippen molar-refractivity contribution in [2.45, 2.75) is 34.1 Å². The van der Waals surface area contributed by atoms with Crippen LogP contribution in [0.2, 0.25) is 0 Å². The third-order valence-corrected chi connectivity index (χ3v) is 2.12. The number of carbonyl (C=O) groups is 1. The van der Waals surface area contributed by atoms with E-state index in [2.05, 4.69) is 26.5 Å². The lowest BCUT2D eigenvalue weighted by atomic mass is 9.99. The van der Waals surface area contributed by atoms with Crippen molar-refractivity contribution in [3.8, 4) is 0 Å². The Morgan fingerprint density at radius 3 is 2.27 bits per heavy atom. The van der Waals surface area contributed by atoms with Crippen LogP contribution < -0.4 is 0 Å². The Morgan fingerprint density at radius 2 is 1.80 bits per heavy atom. The molecule has 15 heavy (non-hydrogen) atoms. The highest BCUT2D eigenvalue weighted by molar-refractivity contribution is 7.97. The van der Waals surface area contributed by atoms with E-state index in [9.17, 15) is 4.79 Å². The van der Waals surface area contributed by atoms with Crippen LogP contribution in [0.25, 0.3) is 0 Å². The van der Waals surface area contributed by atoms with E-state index in [-0.39, 0.29) is 5.12 Å². The van der Waals surface area contributed by atoms with Crippen LogP contribution in [0.3, 0.4) is 0 Å². The van der Waals surface area contributed by atoms with Crippen molar-refractivity contribution in [3.63, 3.8) is 0 Å². The molecule has 0 amide bonds. The normalized spacial score (nSPS) is 9.47. The van der Waals surface area contributed by atoms with E-state index >= 15 is 0 Å². The van der Waals surface area contributed by atoms with Crippen molar-refractivity contribution >= 4 is 17.7 Å². The van der Waals surface area contributed by atoms with Crippen molar-refractivity contribution in [1.82, 2.24) is 0 Å². The second-order valence-electron chi connectivity index (χ2n) is 3.56. The number of rotatable bonds is 3. The van der Waals surface area contributed by atoms with Crippen molar-refractivity contribution in [1.29, 1.82) is 0 Å². The lowest BCUT2D eigenvalue weighted by Crippen LogP contribution is -2.01. The van der Waals surface area contributed by atoms with Crippen molar-refractivity contribution in [2.24, 2.45) is 5.92 Å². The van der Waals surface area contributed by atoms with Crippen LogP contribution in [0.1, 0.15) is 43.6 Å². The van der Waals surface area contributed by atoms with Gasteiger partial charge in [0.2, 0.25) is 5.12 Å². The highest BCUT2D eigenvalue weighted by Gasteiger charge is 2.07. The summed E-state index contributed by atoms with van der Waals surface area (Å²) in [6.07, 6.45) is 0.933. The van der Waals surface area contributed by atoms with E-state index in [0.717, 1.165) is 17.5 Å². The third-order valence-electron chi connectivity index (χ3n) is 1.88. The molecule has 0 fully saturated rings. The topological polar surface area (TPSA) is 17.1 Å². The molecule has 0 unspecified atom stereocenters. The zero-order chi connectivity index (χ0) is 11.8. The second kappa shape index (κ2) is 7.52. The Bertz CT molecular complexity index is 305. The summed E-state index contributed by atoms with van der Waals surface area (Å²) in [6, 6.07) is 7.64. The summed E-state index contributed by atoms with van der Waals surface area (Å²) < 4.78 is 0. The SMILES string of the molecule is CC.CC(C)Cc1ccccc1C(=O)S. The van der Waals surface area contributed by atoms with E-state index in [4.69, 9.17) is 0 Å². The lowest BCUT2D eigenvalue weighted by Gasteiger charge is -2.08. The van der Waals surface area contributed by atoms with E-state index in [1.54, 1.807) is 0 Å². The molecule has 0 saturated carbocycles. The molecule has 84 valence electrons. The molecule has 1 rings (SSSR count). The van der Waals surface area contributed by atoms with Crippen LogP contribution in [-0.4, -0.2) is 5.12 Å². The van der Waals surface area contributed by atoms with Gasteiger partial charge in [-0.2, -0.15) is 0 Å². The predicted octanol–water partition coefficient (Wildman–Crippen LogP) is 3.98. The first-order chi connectivity index (χ1) is 7.11. The standard InChI is InChI=1S/C11H14OS.C2H6/c1-8(2)7-9-5-3-4-6-10(9)11(12)13;1-2/h3-6,8H,7H2,1-2H3,(H,12,13);1-2H3. The van der Waals surface area contributed by atoms with Gasteiger partial charge in [0, 0.05) is 5.56 Å². The average molecular weight is 224 g/mol. The Kier molecular flexibility index (Phi) is 7.14. The summed E-state index contributed by atoms with van der Waals surface area (Å²) in [5, 5.41) is -0.142. The van der Waals surface area contributed by atoms with Gasteiger partial charge in [0.25, 0.3) is 0 Å². The van der Waals surface area contributed by atoms with Gasteiger partial charge >= 0.3 is 0 Å². The molecule has 0 bridgehead atoms. The maximum Gasteiger partial charge on any atom is 0.216 e. The van der Waals surface area contributed by atoms with Crippen LogP contribution in [-0.2, 0) is 6.42 Å². The molecule has 0 aliphatic rings. The van der Waals surface area contributed by atoms with Crippen molar-refractivity contribution < 1.29 is 4.79 Å². The van der Waals surface area contributed by atoms with E-state index in [1.165, 1.54) is 0 Å². The van der Waals surface area contributed by atoms with Crippen LogP contribution in [0.15, 0.2) is 24.3 Å². The maximum absolute atomic E-state index is 11.1. The molecule has 2 heteroatoms. The number of hydrogen-bond acceptors (Lipinski definition) is 1. The molecule has 0 N–H and O–H groups in total. The molecule has 1 nitrogen and oxygen atoms in total. The molecule has 1 aromatic rings. The maximum atomic E-state index is 11.1. The zero-order valence-electron chi connectivity index (χ0n) is 9.95. The fourth-order valence-electron chi connectivity index (χ4n) is 1.35. The van der Waals surface area contributed by atoms with E-state index < -0.39 is 0 Å². The van der Waals surface area contributed by atoms with Gasteiger partial charge in [-0.15, -0.1) is 12.6 Å². The summed E-state index contributed by atoms with van der Waals surface area (Å²) in [5.41, 5.74) is 1.83. The number of carbonyl (C=O) groups excluding carboxylic acids is 1. The highest BCUT2D eigenvalue weighted by atomic mass is 32.1. The van der Waals surface area contributed by atoms with Gasteiger partial charge < -0.3 is 0 Å². The number of hydrogen-bond donors (Lipinski definition) is 1. The zero-order valence-corrected chi connectivity index (χ0v) is 10.8. The van der Waals surface area contributed by atoms with Gasteiger partial charge in [0.1, 0.15) is 0 Å². The summed E-state index contributed by atoms with van der Waals surface area (Å²) in [4.78, 5) is 11.1. The van der Waals surface area contributed by atoms with Gasteiger partial charge in [0.15, 0.2) is 0 Å². The van der Waals surface area contributed by atoms with Crippen LogP contribution >= 0.6 is 12.6 Å². The molecule has 0 spiro atoms. The quantitative estimate of drug-likeness (QED) is 0.768. The summed E-state index contributed by atoms with van der Waals surface area (Å²) >= 11 is 3.84. The monoisotopic (exact) mass is 224 g/mol. The summed E-state index contributed by atoms with van der Waals surface area (Å²) in [7, 11) is 0. The molecular formula is C13H20OS. The minimum absolute atomic E-state index is 0.142. The van der Waals surface area contributed by atoms with Gasteiger partial charge in [-0.3, -0.25) is 4.79 Å². The lowest BCUT2D eigenvalue weighted by molar-refractivity contribution is 0.109. The third kappa shape index (κ3) is 5.03. The minimum Gasteiger partial charge on any atom is -0.282 e. The molecule has 0 heterocycles. The fraction of sp³-hybridized carbons (Fsp3) is 0.462. The minimum atomic E-state index is -0.142. The number of thiol groups is 1. The average Bonchev–Trinajstić information content (AvgIpc) is 2.20. The van der Waals surface area contributed by atoms with E-state index in [0.29, 0.717) is 5.92 Å². The Balaban J connectivity index is 0.000000921. The summed E-state index contributed by atoms with van der Waals surface area (Å²) in [5.74, 6) is 0.564.